The minimum absolute atomic E-state index is 0.0345. The summed E-state index contributed by atoms with van der Waals surface area (Å²) in [4.78, 5) is 4.84. The molecule has 7 nitrogen and oxygen atoms in total. The fraction of sp³-hybridized carbons (Fsp3) is 0.192. The van der Waals surface area contributed by atoms with Gasteiger partial charge in [0.2, 0.25) is 0 Å². The summed E-state index contributed by atoms with van der Waals surface area (Å²) in [5, 5.41) is 12.1. The van der Waals surface area contributed by atoms with Crippen LogP contribution in [0.2, 0.25) is 0 Å². The molecule has 0 aliphatic heterocycles. The second-order valence-corrected chi connectivity index (χ2v) is 10.1. The highest BCUT2D eigenvalue weighted by molar-refractivity contribution is 7.90. The van der Waals surface area contributed by atoms with Crippen molar-refractivity contribution in [2.45, 2.75) is 31.6 Å². The van der Waals surface area contributed by atoms with Gasteiger partial charge >= 0.3 is 0 Å². The van der Waals surface area contributed by atoms with E-state index in [9.17, 15) is 4.55 Å². The number of pyridine rings is 1. The molecule has 0 aliphatic carbocycles. The van der Waals surface area contributed by atoms with Crippen LogP contribution in [0.1, 0.15) is 31.1 Å². The molecule has 8 heteroatoms. The van der Waals surface area contributed by atoms with Gasteiger partial charge in [0.1, 0.15) is 10.9 Å². The third-order valence-electron chi connectivity index (χ3n) is 5.67. The van der Waals surface area contributed by atoms with Gasteiger partial charge < -0.3 is 9.08 Å². The summed E-state index contributed by atoms with van der Waals surface area (Å²) in [7, 11) is 0. The minimum atomic E-state index is -1.23. The van der Waals surface area contributed by atoms with Crippen molar-refractivity contribution in [1.82, 2.24) is 25.1 Å². The molecule has 5 rings (SSSR count). The number of para-hydroxylation sites is 1. The van der Waals surface area contributed by atoms with Crippen molar-refractivity contribution in [1.29, 1.82) is 0 Å². The zero-order valence-corrected chi connectivity index (χ0v) is 19.8. The van der Waals surface area contributed by atoms with Crippen LogP contribution in [0, 0.1) is 0 Å². The Labute approximate surface area is 200 Å². The first-order valence-electron chi connectivity index (χ1n) is 11.2. The van der Waals surface area contributed by atoms with Crippen LogP contribution < -0.4 is 4.72 Å². The Morgan fingerprint density at radius 1 is 1.03 bits per heavy atom. The van der Waals surface area contributed by atoms with Crippen LogP contribution in [-0.4, -0.2) is 30.1 Å². The summed E-state index contributed by atoms with van der Waals surface area (Å²) in [6, 6.07) is 21.5. The Balaban J connectivity index is 1.56. The van der Waals surface area contributed by atoms with E-state index in [4.69, 9.17) is 9.51 Å². The van der Waals surface area contributed by atoms with Crippen molar-refractivity contribution >= 4 is 22.3 Å². The number of nitrogens with zero attached hydrogens (tertiary/aromatic N) is 3. The van der Waals surface area contributed by atoms with Gasteiger partial charge in [-0.2, -0.15) is 5.10 Å². The lowest BCUT2D eigenvalue weighted by Crippen LogP contribution is -2.35. The molecule has 0 unspecified atom stereocenters. The van der Waals surface area contributed by atoms with Crippen molar-refractivity contribution in [2.24, 2.45) is 0 Å². The number of H-pyrrole nitrogens is 1. The van der Waals surface area contributed by atoms with Gasteiger partial charge in [0.25, 0.3) is 0 Å². The van der Waals surface area contributed by atoms with Gasteiger partial charge in [0.05, 0.1) is 17.9 Å². The Hall–Kier alpha value is -3.46. The van der Waals surface area contributed by atoms with Crippen LogP contribution in [0.15, 0.2) is 83.6 Å². The van der Waals surface area contributed by atoms with Crippen molar-refractivity contribution in [3.8, 4) is 22.5 Å². The quantitative estimate of drug-likeness (QED) is 0.301. The van der Waals surface area contributed by atoms with Crippen molar-refractivity contribution in [2.75, 3.05) is 0 Å². The molecule has 0 spiro atoms. The number of hydrogen-bond acceptors (Lipinski definition) is 6. The first-order valence-corrected chi connectivity index (χ1v) is 12.4. The third-order valence-corrected chi connectivity index (χ3v) is 7.04. The third kappa shape index (κ3) is 4.61. The molecule has 172 valence electrons. The standard InChI is InChI=1S/C26H25N5O2S/c1-17(2)34(32)31-24(14-19-8-7-12-23(29-19)18-15-27-28-16-18)20-9-3-4-10-21(20)26-22-11-5-6-13-25(22)33-30-26/h3-13,15-17,24,31H,14H2,1-2H3,(H,27,28)/t24-,34-/m0/s1. The molecule has 0 saturated carbocycles. The molecule has 2 atom stereocenters. The smallest absolute Gasteiger partial charge is 0.167 e. The number of aromatic amines is 1. The van der Waals surface area contributed by atoms with Gasteiger partial charge in [0, 0.05) is 46.2 Å². The maximum absolute atomic E-state index is 12.9. The summed E-state index contributed by atoms with van der Waals surface area (Å²) >= 11 is -1.23. The van der Waals surface area contributed by atoms with Crippen LogP contribution in [0.25, 0.3) is 33.5 Å². The molecule has 0 bridgehead atoms. The van der Waals surface area contributed by atoms with Gasteiger partial charge in [-0.05, 0) is 43.7 Å². The SMILES string of the molecule is CC(C)[S@+]([O-])N[C@@H](Cc1cccc(-c2cn[nH]c2)n1)c1ccccc1-c1noc2ccccc12. The molecule has 3 aromatic heterocycles. The van der Waals surface area contributed by atoms with Crippen LogP contribution in [0.5, 0.6) is 0 Å². The summed E-state index contributed by atoms with van der Waals surface area (Å²) < 4.78 is 21.8. The number of hydrogen-bond donors (Lipinski definition) is 2. The van der Waals surface area contributed by atoms with Gasteiger partial charge in [0.15, 0.2) is 5.58 Å². The lowest BCUT2D eigenvalue weighted by molar-refractivity contribution is 0.459. The molecule has 0 saturated heterocycles. The minimum Gasteiger partial charge on any atom is -0.598 e. The van der Waals surface area contributed by atoms with Crippen LogP contribution >= 0.6 is 0 Å². The fourth-order valence-corrected chi connectivity index (χ4v) is 4.71. The van der Waals surface area contributed by atoms with Gasteiger partial charge in [-0.3, -0.25) is 10.1 Å². The highest BCUT2D eigenvalue weighted by Crippen LogP contribution is 2.34. The molecule has 2 aromatic carbocycles. The highest BCUT2D eigenvalue weighted by atomic mass is 32.2. The van der Waals surface area contributed by atoms with E-state index in [1.165, 1.54) is 0 Å². The molecule has 0 aliphatic rings. The zero-order chi connectivity index (χ0) is 23.5. The van der Waals surface area contributed by atoms with E-state index in [-0.39, 0.29) is 11.3 Å². The maximum Gasteiger partial charge on any atom is 0.167 e. The molecular formula is C26H25N5O2S. The van der Waals surface area contributed by atoms with E-state index < -0.39 is 11.4 Å². The monoisotopic (exact) mass is 471 g/mol. The summed E-state index contributed by atoms with van der Waals surface area (Å²) in [5.74, 6) is 0. The molecule has 0 fully saturated rings. The van der Waals surface area contributed by atoms with E-state index in [1.54, 1.807) is 6.20 Å². The van der Waals surface area contributed by atoms with Gasteiger partial charge in [-0.15, -0.1) is 4.72 Å². The Morgan fingerprint density at radius 2 is 1.85 bits per heavy atom. The molecule has 34 heavy (non-hydrogen) atoms. The summed E-state index contributed by atoms with van der Waals surface area (Å²) in [6.45, 7) is 3.88. The zero-order valence-electron chi connectivity index (χ0n) is 18.9. The lowest BCUT2D eigenvalue weighted by Gasteiger charge is -2.24. The predicted molar refractivity (Wildman–Crippen MR) is 134 cm³/mol. The Morgan fingerprint density at radius 3 is 2.68 bits per heavy atom. The second kappa shape index (κ2) is 9.80. The number of rotatable bonds is 8. The average molecular weight is 472 g/mol. The molecular weight excluding hydrogens is 446 g/mol. The van der Waals surface area contributed by atoms with Crippen molar-refractivity contribution < 1.29 is 9.08 Å². The van der Waals surface area contributed by atoms with Crippen molar-refractivity contribution in [3.05, 3.63) is 90.4 Å². The van der Waals surface area contributed by atoms with Gasteiger partial charge in [-0.25, -0.2) is 0 Å². The average Bonchev–Trinajstić information content (AvgIpc) is 3.54. The predicted octanol–water partition coefficient (Wildman–Crippen LogP) is 5.23. The lowest BCUT2D eigenvalue weighted by atomic mass is 9.94. The van der Waals surface area contributed by atoms with Crippen molar-refractivity contribution in [3.63, 3.8) is 0 Å². The number of nitrogens with one attached hydrogen (secondary N) is 2. The summed E-state index contributed by atoms with van der Waals surface area (Å²) in [5.41, 5.74) is 6.09. The van der Waals surface area contributed by atoms with E-state index in [1.807, 2.05) is 86.8 Å². The Kier molecular flexibility index (Phi) is 6.44. The number of fused-ring (bicyclic) bond motifs is 1. The van der Waals surface area contributed by atoms with Crippen LogP contribution in [-0.2, 0) is 17.8 Å². The van der Waals surface area contributed by atoms with Crippen LogP contribution in [0.3, 0.4) is 0 Å². The second-order valence-electron chi connectivity index (χ2n) is 8.34. The maximum atomic E-state index is 12.9. The largest absolute Gasteiger partial charge is 0.598 e. The molecule has 3 heterocycles. The molecule has 5 aromatic rings. The molecule has 2 N–H and O–H groups in total. The number of aromatic nitrogens is 4. The molecule has 0 radical (unpaired) electrons. The van der Waals surface area contributed by atoms with E-state index in [0.717, 1.165) is 44.7 Å². The molecule has 0 amide bonds. The first-order chi connectivity index (χ1) is 16.6. The topological polar surface area (TPSA) is 103 Å². The number of benzene rings is 2. The highest BCUT2D eigenvalue weighted by Gasteiger charge is 2.26. The van der Waals surface area contributed by atoms with Crippen LogP contribution in [0.4, 0.5) is 0 Å². The normalized spacial score (nSPS) is 13.4. The van der Waals surface area contributed by atoms with E-state index in [0.29, 0.717) is 6.42 Å². The Bertz CT molecular complexity index is 1380. The summed E-state index contributed by atoms with van der Waals surface area (Å²) in [6.07, 6.45) is 4.12. The first kappa shape index (κ1) is 22.3. The van der Waals surface area contributed by atoms with E-state index in [2.05, 4.69) is 20.1 Å². The van der Waals surface area contributed by atoms with Gasteiger partial charge in [-0.1, -0.05) is 47.6 Å². The van der Waals surface area contributed by atoms with E-state index >= 15 is 0 Å². The fourth-order valence-electron chi connectivity index (χ4n) is 3.94.